The van der Waals surface area contributed by atoms with E-state index in [9.17, 15) is 5.11 Å². The van der Waals surface area contributed by atoms with Crippen LogP contribution in [-0.4, -0.2) is 48.8 Å². The summed E-state index contributed by atoms with van der Waals surface area (Å²) in [6.45, 7) is 12.0. The van der Waals surface area contributed by atoms with E-state index in [4.69, 9.17) is 0 Å². The highest BCUT2D eigenvalue weighted by molar-refractivity contribution is 4.92. The zero-order valence-electron chi connectivity index (χ0n) is 13.7. The third kappa shape index (κ3) is 4.44. The molecule has 1 heterocycles. The molecule has 2 aliphatic rings. The van der Waals surface area contributed by atoms with Gasteiger partial charge in [-0.1, -0.05) is 33.6 Å². The van der Waals surface area contributed by atoms with Gasteiger partial charge in [-0.25, -0.2) is 0 Å². The summed E-state index contributed by atoms with van der Waals surface area (Å²) in [5.74, 6) is 1.39. The molecule has 0 radical (unpaired) electrons. The third-order valence-electron chi connectivity index (χ3n) is 5.26. The van der Waals surface area contributed by atoms with E-state index in [2.05, 4.69) is 31.0 Å². The fraction of sp³-hybridized carbons (Fsp3) is 1.00. The molecule has 20 heavy (non-hydrogen) atoms. The molecule has 3 nitrogen and oxygen atoms in total. The lowest BCUT2D eigenvalue weighted by Gasteiger charge is -2.43. The lowest BCUT2D eigenvalue weighted by Crippen LogP contribution is -2.47. The Kier molecular flexibility index (Phi) is 5.88. The van der Waals surface area contributed by atoms with Gasteiger partial charge in [0.15, 0.2) is 0 Å². The molecule has 118 valence electrons. The molecule has 1 saturated carbocycles. The van der Waals surface area contributed by atoms with Gasteiger partial charge in [0.05, 0.1) is 0 Å². The Balaban J connectivity index is 1.95. The lowest BCUT2D eigenvalue weighted by atomic mass is 9.69. The number of likely N-dealkylation sites (tertiary alicyclic amines) is 1. The standard InChI is InChI=1S/C17H34N2O/c1-14(2)18-12-17(7-4-5-15(3)9-17)13-19-8-6-16(10-19)11-20/h14-16,18,20H,4-13H2,1-3H3. The summed E-state index contributed by atoms with van der Waals surface area (Å²) >= 11 is 0. The molecule has 0 aromatic carbocycles. The van der Waals surface area contributed by atoms with Gasteiger partial charge in [-0.05, 0) is 43.1 Å². The van der Waals surface area contributed by atoms with Crippen molar-refractivity contribution in [3.63, 3.8) is 0 Å². The van der Waals surface area contributed by atoms with Gasteiger partial charge in [-0.2, -0.15) is 0 Å². The smallest absolute Gasteiger partial charge is 0.0471 e. The van der Waals surface area contributed by atoms with E-state index in [1.54, 1.807) is 0 Å². The van der Waals surface area contributed by atoms with E-state index in [0.29, 0.717) is 24.0 Å². The molecule has 2 fully saturated rings. The van der Waals surface area contributed by atoms with Gasteiger partial charge >= 0.3 is 0 Å². The molecule has 2 rings (SSSR count). The Morgan fingerprint density at radius 2 is 2.15 bits per heavy atom. The molecule has 0 bridgehead atoms. The Bertz CT molecular complexity index is 295. The van der Waals surface area contributed by atoms with Gasteiger partial charge in [-0.3, -0.25) is 0 Å². The van der Waals surface area contributed by atoms with Crippen molar-refractivity contribution in [2.45, 2.75) is 58.9 Å². The van der Waals surface area contributed by atoms with E-state index in [1.165, 1.54) is 45.2 Å². The first-order chi connectivity index (χ1) is 9.53. The lowest BCUT2D eigenvalue weighted by molar-refractivity contribution is 0.0854. The van der Waals surface area contributed by atoms with Crippen LogP contribution in [0.3, 0.4) is 0 Å². The average molecular weight is 282 g/mol. The molecule has 2 N–H and O–H groups in total. The molecule has 1 aliphatic carbocycles. The maximum absolute atomic E-state index is 9.33. The largest absolute Gasteiger partial charge is 0.396 e. The van der Waals surface area contributed by atoms with Crippen LogP contribution in [0.2, 0.25) is 0 Å². The van der Waals surface area contributed by atoms with Crippen molar-refractivity contribution in [3.05, 3.63) is 0 Å². The topological polar surface area (TPSA) is 35.5 Å². The number of hydrogen-bond donors (Lipinski definition) is 2. The summed E-state index contributed by atoms with van der Waals surface area (Å²) in [6.07, 6.45) is 6.71. The summed E-state index contributed by atoms with van der Waals surface area (Å²) in [4.78, 5) is 2.61. The normalized spacial score (nSPS) is 35.9. The van der Waals surface area contributed by atoms with Crippen molar-refractivity contribution in [2.24, 2.45) is 17.3 Å². The number of aliphatic hydroxyl groups excluding tert-OH is 1. The van der Waals surface area contributed by atoms with Crippen LogP contribution in [0.1, 0.15) is 52.9 Å². The van der Waals surface area contributed by atoms with Crippen LogP contribution in [-0.2, 0) is 0 Å². The van der Waals surface area contributed by atoms with E-state index < -0.39 is 0 Å². The molecule has 1 aliphatic heterocycles. The number of aliphatic hydroxyl groups is 1. The highest BCUT2D eigenvalue weighted by Gasteiger charge is 2.37. The second-order valence-corrected chi connectivity index (χ2v) is 7.81. The maximum atomic E-state index is 9.33. The van der Waals surface area contributed by atoms with Gasteiger partial charge in [0.2, 0.25) is 0 Å². The first-order valence-electron chi connectivity index (χ1n) is 8.59. The van der Waals surface area contributed by atoms with Crippen LogP contribution in [0.4, 0.5) is 0 Å². The fourth-order valence-electron chi connectivity index (χ4n) is 4.23. The minimum atomic E-state index is 0.365. The van der Waals surface area contributed by atoms with Crippen molar-refractivity contribution in [2.75, 3.05) is 32.8 Å². The highest BCUT2D eigenvalue weighted by atomic mass is 16.3. The van der Waals surface area contributed by atoms with Crippen molar-refractivity contribution in [1.82, 2.24) is 10.2 Å². The molecule has 1 saturated heterocycles. The van der Waals surface area contributed by atoms with E-state index in [0.717, 1.165) is 19.0 Å². The zero-order chi connectivity index (χ0) is 14.6. The molecule has 3 atom stereocenters. The molecule has 0 aromatic rings. The Morgan fingerprint density at radius 1 is 1.35 bits per heavy atom. The van der Waals surface area contributed by atoms with Crippen molar-refractivity contribution in [3.8, 4) is 0 Å². The number of nitrogens with zero attached hydrogens (tertiary/aromatic N) is 1. The van der Waals surface area contributed by atoms with Crippen LogP contribution in [0.5, 0.6) is 0 Å². The fourth-order valence-corrected chi connectivity index (χ4v) is 4.23. The molecule has 0 aromatic heterocycles. The Morgan fingerprint density at radius 3 is 2.75 bits per heavy atom. The number of hydrogen-bond acceptors (Lipinski definition) is 3. The van der Waals surface area contributed by atoms with E-state index in [1.807, 2.05) is 0 Å². The van der Waals surface area contributed by atoms with Crippen LogP contribution in [0.15, 0.2) is 0 Å². The van der Waals surface area contributed by atoms with Gasteiger partial charge in [0.25, 0.3) is 0 Å². The molecule has 0 spiro atoms. The van der Waals surface area contributed by atoms with Crippen molar-refractivity contribution < 1.29 is 5.11 Å². The summed E-state index contributed by atoms with van der Waals surface area (Å²) in [5.41, 5.74) is 0.465. The zero-order valence-corrected chi connectivity index (χ0v) is 13.7. The summed E-state index contributed by atoms with van der Waals surface area (Å²) in [5, 5.41) is 13.0. The monoisotopic (exact) mass is 282 g/mol. The van der Waals surface area contributed by atoms with Gasteiger partial charge in [0.1, 0.15) is 0 Å². The van der Waals surface area contributed by atoms with Gasteiger partial charge in [0, 0.05) is 32.3 Å². The summed E-state index contributed by atoms with van der Waals surface area (Å²) in [6, 6.07) is 0.577. The van der Waals surface area contributed by atoms with Crippen molar-refractivity contribution >= 4 is 0 Å². The third-order valence-corrected chi connectivity index (χ3v) is 5.26. The van der Waals surface area contributed by atoms with E-state index in [-0.39, 0.29) is 0 Å². The molecular weight excluding hydrogens is 248 g/mol. The predicted molar refractivity (Wildman–Crippen MR) is 84.8 cm³/mol. The summed E-state index contributed by atoms with van der Waals surface area (Å²) < 4.78 is 0. The summed E-state index contributed by atoms with van der Waals surface area (Å²) in [7, 11) is 0. The van der Waals surface area contributed by atoms with Crippen molar-refractivity contribution in [1.29, 1.82) is 0 Å². The van der Waals surface area contributed by atoms with E-state index >= 15 is 0 Å². The predicted octanol–water partition coefficient (Wildman–Crippen LogP) is 2.50. The average Bonchev–Trinajstić information content (AvgIpc) is 2.84. The van der Waals surface area contributed by atoms with Crippen LogP contribution >= 0.6 is 0 Å². The number of nitrogens with one attached hydrogen (secondary N) is 1. The van der Waals surface area contributed by atoms with Gasteiger partial charge in [-0.15, -0.1) is 0 Å². The highest BCUT2D eigenvalue weighted by Crippen LogP contribution is 2.40. The maximum Gasteiger partial charge on any atom is 0.0471 e. The molecule has 3 unspecified atom stereocenters. The molecular formula is C17H34N2O. The minimum absolute atomic E-state index is 0.365. The Labute approximate surface area is 125 Å². The quantitative estimate of drug-likeness (QED) is 0.786. The van der Waals surface area contributed by atoms with Gasteiger partial charge < -0.3 is 15.3 Å². The minimum Gasteiger partial charge on any atom is -0.396 e. The first kappa shape index (κ1) is 16.3. The molecule has 3 heteroatoms. The van der Waals surface area contributed by atoms with Crippen LogP contribution in [0, 0.1) is 17.3 Å². The Hall–Kier alpha value is -0.120. The SMILES string of the molecule is CC1CCCC(CNC(C)C)(CN2CCC(CO)C2)C1. The van der Waals surface area contributed by atoms with Crippen LogP contribution in [0.25, 0.3) is 0 Å². The second-order valence-electron chi connectivity index (χ2n) is 7.81. The number of rotatable bonds is 6. The first-order valence-corrected chi connectivity index (χ1v) is 8.59. The van der Waals surface area contributed by atoms with Crippen LogP contribution < -0.4 is 5.32 Å². The molecule has 0 amide bonds. The second kappa shape index (κ2) is 7.24.